The van der Waals surface area contributed by atoms with E-state index in [4.69, 9.17) is 0 Å². The molecule has 2 aromatic rings. The average Bonchev–Trinajstić information content (AvgIpc) is 3.10. The number of amides is 1. The predicted octanol–water partition coefficient (Wildman–Crippen LogP) is 2.52. The van der Waals surface area contributed by atoms with Crippen molar-refractivity contribution in [1.29, 1.82) is 0 Å². The van der Waals surface area contributed by atoms with Gasteiger partial charge in [-0.3, -0.25) is 4.79 Å². The van der Waals surface area contributed by atoms with Gasteiger partial charge in [-0.2, -0.15) is 0 Å². The quantitative estimate of drug-likeness (QED) is 0.876. The molecule has 1 aliphatic rings. The van der Waals surface area contributed by atoms with Crippen molar-refractivity contribution in [1.82, 2.24) is 19.4 Å². The molecule has 0 fully saturated rings. The predicted molar refractivity (Wildman–Crippen MR) is 96.5 cm³/mol. The van der Waals surface area contributed by atoms with Gasteiger partial charge in [-0.1, -0.05) is 19.9 Å². The Bertz CT molecular complexity index is 724. The van der Waals surface area contributed by atoms with Crippen LogP contribution in [0, 0.1) is 0 Å². The van der Waals surface area contributed by atoms with E-state index >= 15 is 0 Å². The third-order valence-corrected chi connectivity index (χ3v) is 4.98. The van der Waals surface area contributed by atoms with Gasteiger partial charge in [0.05, 0.1) is 24.6 Å². The minimum Gasteiger partial charge on any atom is -0.508 e. The maximum Gasteiger partial charge on any atom is 0.254 e. The van der Waals surface area contributed by atoms with E-state index in [-0.39, 0.29) is 17.7 Å². The van der Waals surface area contributed by atoms with E-state index in [1.807, 2.05) is 17.4 Å². The molecule has 0 saturated heterocycles. The Hall–Kier alpha value is -2.34. The summed E-state index contributed by atoms with van der Waals surface area (Å²) >= 11 is 0. The van der Waals surface area contributed by atoms with Crippen LogP contribution >= 0.6 is 0 Å². The normalized spacial score (nSPS) is 16.9. The summed E-state index contributed by atoms with van der Waals surface area (Å²) in [7, 11) is 0. The highest BCUT2D eigenvalue weighted by atomic mass is 16.3. The Morgan fingerprint density at radius 3 is 2.88 bits per heavy atom. The number of carbonyl (C=O) groups excluding carboxylic acids is 1. The lowest BCUT2D eigenvalue weighted by molar-refractivity contribution is 0.0667. The van der Waals surface area contributed by atoms with Crippen molar-refractivity contribution in [3.63, 3.8) is 0 Å². The molecule has 2 heterocycles. The van der Waals surface area contributed by atoms with E-state index in [9.17, 15) is 9.90 Å². The molecule has 25 heavy (non-hydrogen) atoms. The monoisotopic (exact) mass is 342 g/mol. The molecule has 0 aliphatic carbocycles. The summed E-state index contributed by atoms with van der Waals surface area (Å²) in [6.45, 7) is 8.63. The summed E-state index contributed by atoms with van der Waals surface area (Å²) in [5, 5.41) is 9.65. The SMILES string of the molecule is CCN(CC)CCC1CN(C(=O)c2cccc(O)c2)Cc2cncn21. The van der Waals surface area contributed by atoms with Gasteiger partial charge >= 0.3 is 0 Å². The summed E-state index contributed by atoms with van der Waals surface area (Å²) in [6, 6.07) is 6.79. The van der Waals surface area contributed by atoms with Crippen molar-refractivity contribution >= 4 is 5.91 Å². The number of nitrogens with zero attached hydrogens (tertiary/aromatic N) is 4. The molecule has 1 unspecified atom stereocenters. The molecule has 0 saturated carbocycles. The van der Waals surface area contributed by atoms with Crippen LogP contribution in [0.2, 0.25) is 0 Å². The Morgan fingerprint density at radius 1 is 1.36 bits per heavy atom. The molecule has 1 aliphatic heterocycles. The van der Waals surface area contributed by atoms with Gasteiger partial charge in [0, 0.05) is 24.8 Å². The molecule has 134 valence electrons. The molecule has 0 spiro atoms. The first-order valence-electron chi connectivity index (χ1n) is 8.93. The van der Waals surface area contributed by atoms with E-state index in [0.717, 1.165) is 31.7 Å². The third-order valence-electron chi connectivity index (χ3n) is 4.98. The van der Waals surface area contributed by atoms with Gasteiger partial charge in [-0.15, -0.1) is 0 Å². The number of phenolic OH excluding ortho intramolecular Hbond substituents is 1. The number of hydrogen-bond donors (Lipinski definition) is 1. The summed E-state index contributed by atoms with van der Waals surface area (Å²) < 4.78 is 2.20. The number of aromatic nitrogens is 2. The number of imidazole rings is 1. The molecule has 0 radical (unpaired) electrons. The highest BCUT2D eigenvalue weighted by Crippen LogP contribution is 2.25. The van der Waals surface area contributed by atoms with E-state index < -0.39 is 0 Å². The first kappa shape index (κ1) is 17.5. The fourth-order valence-corrected chi connectivity index (χ4v) is 3.46. The molecule has 1 aromatic heterocycles. The van der Waals surface area contributed by atoms with Crippen molar-refractivity contribution in [3.8, 4) is 5.75 Å². The van der Waals surface area contributed by atoms with Gasteiger partial charge in [0.25, 0.3) is 5.91 Å². The van der Waals surface area contributed by atoms with Crippen molar-refractivity contribution in [2.24, 2.45) is 0 Å². The summed E-state index contributed by atoms with van der Waals surface area (Å²) in [5.74, 6) is 0.0715. The second-order valence-electron chi connectivity index (χ2n) is 6.50. The molecule has 0 bridgehead atoms. The van der Waals surface area contributed by atoms with Gasteiger partial charge in [0.1, 0.15) is 5.75 Å². The highest BCUT2D eigenvalue weighted by molar-refractivity contribution is 5.94. The number of carbonyl (C=O) groups is 1. The highest BCUT2D eigenvalue weighted by Gasteiger charge is 2.28. The van der Waals surface area contributed by atoms with Gasteiger partial charge < -0.3 is 19.5 Å². The maximum absolute atomic E-state index is 12.9. The number of fused-ring (bicyclic) bond motifs is 1. The smallest absolute Gasteiger partial charge is 0.254 e. The van der Waals surface area contributed by atoms with E-state index in [2.05, 4.69) is 28.3 Å². The first-order chi connectivity index (χ1) is 12.1. The standard InChI is InChI=1S/C19H26N4O2/c1-3-21(4-2)9-8-16-12-22(13-17-11-20-14-23(16)17)19(25)15-6-5-7-18(24)10-15/h5-7,10-11,14,16,24H,3-4,8-9,12-13H2,1-2H3. The summed E-state index contributed by atoms with van der Waals surface area (Å²) in [6.07, 6.45) is 4.69. The maximum atomic E-state index is 12.9. The van der Waals surface area contributed by atoms with Gasteiger partial charge in [0.2, 0.25) is 0 Å². The fraction of sp³-hybridized carbons (Fsp3) is 0.474. The summed E-state index contributed by atoms with van der Waals surface area (Å²) in [4.78, 5) is 21.4. The second kappa shape index (κ2) is 7.70. The van der Waals surface area contributed by atoms with Crippen LogP contribution in [0.4, 0.5) is 0 Å². The number of hydrogen-bond acceptors (Lipinski definition) is 4. The molecular weight excluding hydrogens is 316 g/mol. The zero-order valence-corrected chi connectivity index (χ0v) is 14.9. The molecule has 3 rings (SSSR count). The molecule has 6 nitrogen and oxygen atoms in total. The van der Waals surface area contributed by atoms with Crippen molar-refractivity contribution in [3.05, 3.63) is 48.0 Å². The molecule has 1 aromatic carbocycles. The van der Waals surface area contributed by atoms with E-state index in [1.165, 1.54) is 6.07 Å². The Morgan fingerprint density at radius 2 is 2.16 bits per heavy atom. The van der Waals surface area contributed by atoms with Gasteiger partial charge in [-0.25, -0.2) is 4.98 Å². The second-order valence-corrected chi connectivity index (χ2v) is 6.50. The van der Waals surface area contributed by atoms with Crippen LogP contribution < -0.4 is 0 Å². The van der Waals surface area contributed by atoms with E-state index in [1.54, 1.807) is 18.2 Å². The zero-order valence-electron chi connectivity index (χ0n) is 14.9. The topological polar surface area (TPSA) is 61.6 Å². The molecular formula is C19H26N4O2. The van der Waals surface area contributed by atoms with Crippen LogP contribution in [0.15, 0.2) is 36.8 Å². The molecule has 1 amide bonds. The minimum absolute atomic E-state index is 0.0452. The summed E-state index contributed by atoms with van der Waals surface area (Å²) in [5.41, 5.74) is 1.58. The van der Waals surface area contributed by atoms with Gasteiger partial charge in [0.15, 0.2) is 0 Å². The van der Waals surface area contributed by atoms with Crippen LogP contribution in [0.5, 0.6) is 5.75 Å². The number of phenols is 1. The molecule has 1 atom stereocenters. The van der Waals surface area contributed by atoms with E-state index in [0.29, 0.717) is 18.7 Å². The van der Waals surface area contributed by atoms with Crippen molar-refractivity contribution in [2.45, 2.75) is 32.9 Å². The first-order valence-corrected chi connectivity index (χ1v) is 8.93. The lowest BCUT2D eigenvalue weighted by Crippen LogP contribution is -2.41. The Kier molecular flexibility index (Phi) is 5.38. The van der Waals surface area contributed by atoms with Crippen LogP contribution in [0.3, 0.4) is 0 Å². The van der Waals surface area contributed by atoms with Gasteiger partial charge in [-0.05, 0) is 37.7 Å². The van der Waals surface area contributed by atoms with Crippen LogP contribution in [0.1, 0.15) is 42.4 Å². The Balaban J connectivity index is 1.76. The number of benzene rings is 1. The van der Waals surface area contributed by atoms with Crippen LogP contribution in [0.25, 0.3) is 0 Å². The third kappa shape index (κ3) is 3.85. The average molecular weight is 342 g/mol. The van der Waals surface area contributed by atoms with Crippen LogP contribution in [-0.4, -0.2) is 56.5 Å². The minimum atomic E-state index is -0.0452. The van der Waals surface area contributed by atoms with Crippen LogP contribution in [-0.2, 0) is 6.54 Å². The van der Waals surface area contributed by atoms with Crippen molar-refractivity contribution in [2.75, 3.05) is 26.2 Å². The molecule has 1 N–H and O–H groups in total. The molecule has 6 heteroatoms. The zero-order chi connectivity index (χ0) is 17.8. The Labute approximate surface area is 148 Å². The number of rotatable bonds is 6. The largest absolute Gasteiger partial charge is 0.508 e. The lowest BCUT2D eigenvalue weighted by atomic mass is 10.1. The fourth-order valence-electron chi connectivity index (χ4n) is 3.46. The van der Waals surface area contributed by atoms with Crippen molar-refractivity contribution < 1.29 is 9.90 Å². The lowest BCUT2D eigenvalue weighted by Gasteiger charge is -2.35. The number of aromatic hydroxyl groups is 1.